The van der Waals surface area contributed by atoms with Gasteiger partial charge in [-0.3, -0.25) is 0 Å². The SMILES string of the molecule is CC1Cc2ccccc2N1Cc1cc(C(N)=S)ccc1F. The summed E-state index contributed by atoms with van der Waals surface area (Å²) in [7, 11) is 0. The summed E-state index contributed by atoms with van der Waals surface area (Å²) in [5.74, 6) is -0.216. The maximum absolute atomic E-state index is 14.1. The fourth-order valence-corrected chi connectivity index (χ4v) is 3.03. The smallest absolute Gasteiger partial charge is 0.128 e. The number of hydrogen-bond donors (Lipinski definition) is 1. The summed E-state index contributed by atoms with van der Waals surface area (Å²) >= 11 is 4.98. The van der Waals surface area contributed by atoms with Crippen molar-refractivity contribution in [2.45, 2.75) is 25.9 Å². The number of fused-ring (bicyclic) bond motifs is 1. The summed E-state index contributed by atoms with van der Waals surface area (Å²) < 4.78 is 14.1. The number of anilines is 1. The lowest BCUT2D eigenvalue weighted by Crippen LogP contribution is -2.29. The van der Waals surface area contributed by atoms with Gasteiger partial charge in [0, 0.05) is 29.4 Å². The summed E-state index contributed by atoms with van der Waals surface area (Å²) in [5.41, 5.74) is 9.48. The second kappa shape index (κ2) is 5.45. The Labute approximate surface area is 129 Å². The van der Waals surface area contributed by atoms with Crippen LogP contribution < -0.4 is 10.6 Å². The van der Waals surface area contributed by atoms with Gasteiger partial charge in [-0.25, -0.2) is 4.39 Å². The number of para-hydroxylation sites is 1. The van der Waals surface area contributed by atoms with E-state index in [0.29, 0.717) is 28.7 Å². The normalized spacial score (nSPS) is 16.9. The van der Waals surface area contributed by atoms with Crippen molar-refractivity contribution < 1.29 is 4.39 Å². The van der Waals surface area contributed by atoms with Crippen LogP contribution in [0.4, 0.5) is 10.1 Å². The van der Waals surface area contributed by atoms with Gasteiger partial charge in [-0.05, 0) is 43.2 Å². The molecular formula is C17H17FN2S. The molecule has 0 spiro atoms. The molecule has 0 saturated heterocycles. The molecule has 0 saturated carbocycles. The molecule has 1 aliphatic heterocycles. The number of benzene rings is 2. The van der Waals surface area contributed by atoms with E-state index in [1.807, 2.05) is 12.1 Å². The molecule has 2 nitrogen and oxygen atoms in total. The van der Waals surface area contributed by atoms with Crippen molar-refractivity contribution in [1.82, 2.24) is 0 Å². The zero-order chi connectivity index (χ0) is 15.0. The maximum atomic E-state index is 14.1. The van der Waals surface area contributed by atoms with Crippen LogP contribution in [0.1, 0.15) is 23.6 Å². The largest absolute Gasteiger partial charge is 0.389 e. The minimum absolute atomic E-state index is 0.216. The van der Waals surface area contributed by atoms with Crippen molar-refractivity contribution in [2.24, 2.45) is 5.73 Å². The van der Waals surface area contributed by atoms with Crippen LogP contribution in [-0.2, 0) is 13.0 Å². The molecule has 21 heavy (non-hydrogen) atoms. The monoisotopic (exact) mass is 300 g/mol. The first-order valence-corrected chi connectivity index (χ1v) is 7.40. The summed E-state index contributed by atoms with van der Waals surface area (Å²) in [6.45, 7) is 2.69. The lowest BCUT2D eigenvalue weighted by Gasteiger charge is -2.25. The fourth-order valence-electron chi connectivity index (χ4n) is 2.90. The van der Waals surface area contributed by atoms with E-state index < -0.39 is 0 Å². The van der Waals surface area contributed by atoms with Crippen molar-refractivity contribution in [3.05, 3.63) is 65.0 Å². The minimum atomic E-state index is -0.216. The highest BCUT2D eigenvalue weighted by atomic mass is 32.1. The molecule has 1 heterocycles. The van der Waals surface area contributed by atoms with Crippen LogP contribution in [0.15, 0.2) is 42.5 Å². The first-order chi connectivity index (χ1) is 10.1. The average molecular weight is 300 g/mol. The van der Waals surface area contributed by atoms with Crippen LogP contribution in [0.5, 0.6) is 0 Å². The molecule has 1 unspecified atom stereocenters. The Morgan fingerprint density at radius 3 is 2.86 bits per heavy atom. The van der Waals surface area contributed by atoms with Crippen molar-refractivity contribution >= 4 is 22.9 Å². The van der Waals surface area contributed by atoms with Gasteiger partial charge in [-0.15, -0.1) is 0 Å². The Morgan fingerprint density at radius 1 is 1.33 bits per heavy atom. The number of rotatable bonds is 3. The molecule has 3 rings (SSSR count). The van der Waals surface area contributed by atoms with Crippen LogP contribution in [0.2, 0.25) is 0 Å². The van der Waals surface area contributed by atoms with E-state index in [1.165, 1.54) is 17.3 Å². The molecule has 0 aromatic heterocycles. The first-order valence-electron chi connectivity index (χ1n) is 6.99. The number of hydrogen-bond acceptors (Lipinski definition) is 2. The van der Waals surface area contributed by atoms with Crippen LogP contribution in [0.3, 0.4) is 0 Å². The van der Waals surface area contributed by atoms with Gasteiger partial charge < -0.3 is 10.6 Å². The Balaban J connectivity index is 1.94. The molecule has 0 radical (unpaired) electrons. The highest BCUT2D eigenvalue weighted by Crippen LogP contribution is 2.33. The third-order valence-electron chi connectivity index (χ3n) is 4.02. The van der Waals surface area contributed by atoms with Crippen LogP contribution in [0.25, 0.3) is 0 Å². The van der Waals surface area contributed by atoms with E-state index in [9.17, 15) is 4.39 Å². The molecule has 1 aliphatic rings. The molecule has 108 valence electrons. The van der Waals surface area contributed by atoms with Crippen molar-refractivity contribution in [3.63, 3.8) is 0 Å². The van der Waals surface area contributed by atoms with Crippen LogP contribution in [-0.4, -0.2) is 11.0 Å². The summed E-state index contributed by atoms with van der Waals surface area (Å²) in [4.78, 5) is 2.53. The second-order valence-corrected chi connectivity index (χ2v) is 5.92. The van der Waals surface area contributed by atoms with E-state index in [2.05, 4.69) is 24.0 Å². The first kappa shape index (κ1) is 14.0. The van der Waals surface area contributed by atoms with Gasteiger partial charge in [-0.1, -0.05) is 30.4 Å². The zero-order valence-corrected chi connectivity index (χ0v) is 12.7. The predicted molar refractivity (Wildman–Crippen MR) is 88.1 cm³/mol. The van der Waals surface area contributed by atoms with Gasteiger partial charge in [0.15, 0.2) is 0 Å². The van der Waals surface area contributed by atoms with Crippen molar-refractivity contribution in [1.29, 1.82) is 0 Å². The number of nitrogens with zero attached hydrogens (tertiary/aromatic N) is 1. The molecule has 0 fully saturated rings. The van der Waals surface area contributed by atoms with Gasteiger partial charge in [0.25, 0.3) is 0 Å². The van der Waals surface area contributed by atoms with Crippen LogP contribution in [0, 0.1) is 5.82 Å². The lowest BCUT2D eigenvalue weighted by atomic mass is 10.1. The zero-order valence-electron chi connectivity index (χ0n) is 11.8. The number of thiocarbonyl (C=S) groups is 1. The number of halogens is 1. The van der Waals surface area contributed by atoms with E-state index in [1.54, 1.807) is 12.1 Å². The van der Waals surface area contributed by atoms with E-state index >= 15 is 0 Å². The molecular weight excluding hydrogens is 283 g/mol. The van der Waals surface area contributed by atoms with Gasteiger partial charge >= 0.3 is 0 Å². The van der Waals surface area contributed by atoms with Crippen molar-refractivity contribution in [3.8, 4) is 0 Å². The minimum Gasteiger partial charge on any atom is -0.389 e. The molecule has 0 bridgehead atoms. The van der Waals surface area contributed by atoms with Gasteiger partial charge in [0.1, 0.15) is 10.8 Å². The average Bonchev–Trinajstić information content (AvgIpc) is 2.77. The topological polar surface area (TPSA) is 29.3 Å². The fraction of sp³-hybridized carbons (Fsp3) is 0.235. The second-order valence-electron chi connectivity index (χ2n) is 5.48. The molecule has 0 aliphatic carbocycles. The Bertz CT molecular complexity index is 699. The third-order valence-corrected chi connectivity index (χ3v) is 4.26. The summed E-state index contributed by atoms with van der Waals surface area (Å²) in [6, 6.07) is 13.5. The highest BCUT2D eigenvalue weighted by molar-refractivity contribution is 7.80. The highest BCUT2D eigenvalue weighted by Gasteiger charge is 2.26. The van der Waals surface area contributed by atoms with Crippen LogP contribution >= 0.6 is 12.2 Å². The molecule has 1 atom stereocenters. The number of nitrogens with two attached hydrogens (primary N) is 1. The van der Waals surface area contributed by atoms with Gasteiger partial charge in [0.05, 0.1) is 0 Å². The van der Waals surface area contributed by atoms with E-state index in [-0.39, 0.29) is 5.82 Å². The predicted octanol–water partition coefficient (Wildman–Crippen LogP) is 3.41. The molecule has 0 amide bonds. The molecule has 2 aromatic rings. The maximum Gasteiger partial charge on any atom is 0.128 e. The third kappa shape index (κ3) is 2.63. The molecule has 2 aromatic carbocycles. The van der Waals surface area contributed by atoms with Crippen molar-refractivity contribution in [2.75, 3.05) is 4.90 Å². The Morgan fingerprint density at radius 2 is 2.10 bits per heavy atom. The molecule has 4 heteroatoms. The molecule has 2 N–H and O–H groups in total. The van der Waals surface area contributed by atoms with Gasteiger partial charge in [-0.2, -0.15) is 0 Å². The van der Waals surface area contributed by atoms with E-state index in [0.717, 1.165) is 6.42 Å². The summed E-state index contributed by atoms with van der Waals surface area (Å²) in [6.07, 6.45) is 0.993. The van der Waals surface area contributed by atoms with E-state index in [4.69, 9.17) is 18.0 Å². The Hall–Kier alpha value is -1.94. The van der Waals surface area contributed by atoms with Gasteiger partial charge in [0.2, 0.25) is 0 Å². The quantitative estimate of drug-likeness (QED) is 0.881. The summed E-state index contributed by atoms with van der Waals surface area (Å²) in [5, 5.41) is 0. The Kier molecular flexibility index (Phi) is 3.64. The lowest BCUT2D eigenvalue weighted by molar-refractivity contribution is 0.593. The standard InChI is InChI=1S/C17H17FN2S/c1-11-8-12-4-2-3-5-16(12)20(11)10-14-9-13(17(19)21)6-7-15(14)18/h2-7,9,11H,8,10H2,1H3,(H2,19,21).